The molecule has 168 valence electrons. The summed E-state index contributed by atoms with van der Waals surface area (Å²) in [6, 6.07) is 11.8. The van der Waals surface area contributed by atoms with Crippen LogP contribution in [-0.4, -0.2) is 45.8 Å². The monoisotopic (exact) mass is 448 g/mol. The molecule has 0 saturated carbocycles. The number of benzene rings is 2. The number of nitrogens with zero attached hydrogens (tertiary/aromatic N) is 1. The molecular weight excluding hydrogens is 420 g/mol. The van der Waals surface area contributed by atoms with Gasteiger partial charge in [-0.3, -0.25) is 9.10 Å². The highest BCUT2D eigenvalue weighted by Gasteiger charge is 2.31. The molecular formula is C22H28N2O6S. The van der Waals surface area contributed by atoms with Gasteiger partial charge in [-0.05, 0) is 68.8 Å². The minimum atomic E-state index is -3.75. The van der Waals surface area contributed by atoms with Crippen molar-refractivity contribution < 1.29 is 27.5 Å². The molecule has 1 atom stereocenters. The first-order chi connectivity index (χ1) is 14.7. The SMILES string of the molecule is CCOC(=O)c1ccc(NC(=O)[C@H](CC)N(c2ccc(OCC)cc2)S(C)(=O)=O)cc1. The maximum Gasteiger partial charge on any atom is 0.338 e. The maximum absolute atomic E-state index is 13.0. The summed E-state index contributed by atoms with van der Waals surface area (Å²) in [6.07, 6.45) is 1.32. The standard InChI is InChI=1S/C22H28N2O6S/c1-5-20(21(25)23-17-10-8-16(9-11-17)22(26)30-7-3)24(31(4,27)28)18-12-14-19(15-13-18)29-6-2/h8-15,20H,5-7H2,1-4H3,(H,23,25)/t20-/m0/s1. The summed E-state index contributed by atoms with van der Waals surface area (Å²) in [4.78, 5) is 24.7. The quantitative estimate of drug-likeness (QED) is 0.559. The van der Waals surface area contributed by atoms with Crippen molar-refractivity contribution in [3.05, 3.63) is 54.1 Å². The van der Waals surface area contributed by atoms with Crippen LogP contribution < -0.4 is 14.4 Å². The Balaban J connectivity index is 2.25. The Bertz CT molecular complexity index is 988. The molecule has 0 aliphatic heterocycles. The molecule has 2 aromatic carbocycles. The van der Waals surface area contributed by atoms with E-state index in [0.717, 1.165) is 10.6 Å². The average Bonchev–Trinajstić information content (AvgIpc) is 2.72. The van der Waals surface area contributed by atoms with Gasteiger partial charge in [0.05, 0.1) is 30.7 Å². The number of amides is 1. The van der Waals surface area contributed by atoms with Gasteiger partial charge in [-0.25, -0.2) is 13.2 Å². The van der Waals surface area contributed by atoms with E-state index in [4.69, 9.17) is 9.47 Å². The van der Waals surface area contributed by atoms with Gasteiger partial charge in [-0.15, -0.1) is 0 Å². The van der Waals surface area contributed by atoms with Gasteiger partial charge in [0.1, 0.15) is 11.8 Å². The number of carbonyl (C=O) groups excluding carboxylic acids is 2. The van der Waals surface area contributed by atoms with Gasteiger partial charge >= 0.3 is 5.97 Å². The Hall–Kier alpha value is -3.07. The normalized spacial score (nSPS) is 12.0. The lowest BCUT2D eigenvalue weighted by Gasteiger charge is -2.30. The first-order valence-electron chi connectivity index (χ1n) is 10.0. The average molecular weight is 449 g/mol. The largest absolute Gasteiger partial charge is 0.494 e. The molecule has 31 heavy (non-hydrogen) atoms. The van der Waals surface area contributed by atoms with Crippen molar-refractivity contribution in [3.63, 3.8) is 0 Å². The molecule has 0 aliphatic carbocycles. The second kappa shape index (κ2) is 10.8. The molecule has 2 rings (SSSR count). The molecule has 2 aromatic rings. The van der Waals surface area contributed by atoms with Crippen LogP contribution >= 0.6 is 0 Å². The van der Waals surface area contributed by atoms with Crippen molar-refractivity contribution in [1.82, 2.24) is 0 Å². The first kappa shape index (κ1) is 24.2. The van der Waals surface area contributed by atoms with Crippen LogP contribution in [0.25, 0.3) is 0 Å². The van der Waals surface area contributed by atoms with Crippen LogP contribution in [0.2, 0.25) is 0 Å². The zero-order valence-electron chi connectivity index (χ0n) is 18.1. The minimum Gasteiger partial charge on any atom is -0.494 e. The zero-order chi connectivity index (χ0) is 23.0. The van der Waals surface area contributed by atoms with Crippen LogP contribution in [0.3, 0.4) is 0 Å². The number of nitrogens with one attached hydrogen (secondary N) is 1. The van der Waals surface area contributed by atoms with Gasteiger partial charge in [-0.1, -0.05) is 6.92 Å². The Morgan fingerprint density at radius 1 is 0.968 bits per heavy atom. The smallest absolute Gasteiger partial charge is 0.338 e. The van der Waals surface area contributed by atoms with Crippen molar-refractivity contribution in [2.75, 3.05) is 29.1 Å². The fraction of sp³-hybridized carbons (Fsp3) is 0.364. The fourth-order valence-electron chi connectivity index (χ4n) is 3.05. The van der Waals surface area contributed by atoms with E-state index < -0.39 is 27.9 Å². The van der Waals surface area contributed by atoms with E-state index in [9.17, 15) is 18.0 Å². The van der Waals surface area contributed by atoms with E-state index in [-0.39, 0.29) is 13.0 Å². The molecule has 0 aliphatic rings. The van der Waals surface area contributed by atoms with Gasteiger partial charge in [0.2, 0.25) is 15.9 Å². The van der Waals surface area contributed by atoms with E-state index in [1.165, 1.54) is 12.1 Å². The molecule has 1 N–H and O–H groups in total. The van der Waals surface area contributed by atoms with Gasteiger partial charge in [0.15, 0.2) is 0 Å². The number of anilines is 2. The highest BCUT2D eigenvalue weighted by molar-refractivity contribution is 7.92. The van der Waals surface area contributed by atoms with E-state index in [1.807, 2.05) is 6.92 Å². The van der Waals surface area contributed by atoms with Gasteiger partial charge in [0, 0.05) is 5.69 Å². The van der Waals surface area contributed by atoms with Crippen LogP contribution in [-0.2, 0) is 19.6 Å². The van der Waals surface area contributed by atoms with Crippen LogP contribution in [0, 0.1) is 0 Å². The molecule has 0 fully saturated rings. The molecule has 1 amide bonds. The second-order valence-corrected chi connectivity index (χ2v) is 8.56. The van der Waals surface area contributed by atoms with Gasteiger partial charge < -0.3 is 14.8 Å². The number of hydrogen-bond acceptors (Lipinski definition) is 6. The van der Waals surface area contributed by atoms with Crippen LogP contribution in [0.4, 0.5) is 11.4 Å². The maximum atomic E-state index is 13.0. The predicted molar refractivity (Wildman–Crippen MR) is 120 cm³/mol. The summed E-state index contributed by atoms with van der Waals surface area (Å²) in [5.41, 5.74) is 1.17. The molecule has 0 spiro atoms. The predicted octanol–water partition coefficient (Wildman–Crippen LogP) is 3.45. The highest BCUT2D eigenvalue weighted by atomic mass is 32.2. The summed E-state index contributed by atoms with van der Waals surface area (Å²) in [7, 11) is -3.75. The second-order valence-electron chi connectivity index (χ2n) is 6.70. The number of hydrogen-bond donors (Lipinski definition) is 1. The van der Waals surface area contributed by atoms with E-state index in [0.29, 0.717) is 29.3 Å². The molecule has 0 saturated heterocycles. The third-order valence-corrected chi connectivity index (χ3v) is 5.58. The van der Waals surface area contributed by atoms with E-state index in [1.54, 1.807) is 50.2 Å². The van der Waals surface area contributed by atoms with Crippen LogP contribution in [0.1, 0.15) is 37.6 Å². The molecule has 0 aromatic heterocycles. The van der Waals surface area contributed by atoms with Crippen LogP contribution in [0.15, 0.2) is 48.5 Å². The summed E-state index contributed by atoms with van der Waals surface area (Å²) < 4.78 is 36.5. The van der Waals surface area contributed by atoms with Crippen molar-refractivity contribution >= 4 is 33.3 Å². The lowest BCUT2D eigenvalue weighted by atomic mass is 10.1. The first-order valence-corrected chi connectivity index (χ1v) is 11.9. The Morgan fingerprint density at radius 3 is 2.06 bits per heavy atom. The zero-order valence-corrected chi connectivity index (χ0v) is 18.9. The summed E-state index contributed by atoms with van der Waals surface area (Å²) in [5.74, 6) is -0.324. The number of esters is 1. The Morgan fingerprint density at radius 2 is 1.58 bits per heavy atom. The third kappa shape index (κ3) is 6.45. The molecule has 8 nitrogen and oxygen atoms in total. The van der Waals surface area contributed by atoms with Crippen molar-refractivity contribution in [2.24, 2.45) is 0 Å². The van der Waals surface area contributed by atoms with E-state index >= 15 is 0 Å². The minimum absolute atomic E-state index is 0.257. The van der Waals surface area contributed by atoms with Crippen molar-refractivity contribution in [3.8, 4) is 5.75 Å². The molecule has 9 heteroatoms. The Labute approximate surface area is 183 Å². The lowest BCUT2D eigenvalue weighted by molar-refractivity contribution is -0.117. The molecule has 0 heterocycles. The topological polar surface area (TPSA) is 102 Å². The summed E-state index contributed by atoms with van der Waals surface area (Å²) in [6.45, 7) is 6.07. The molecule has 0 bridgehead atoms. The third-order valence-electron chi connectivity index (χ3n) is 4.40. The number of rotatable bonds is 10. The van der Waals surface area contributed by atoms with E-state index in [2.05, 4.69) is 5.32 Å². The molecule has 0 radical (unpaired) electrons. The highest BCUT2D eigenvalue weighted by Crippen LogP contribution is 2.26. The Kier molecular flexibility index (Phi) is 8.44. The van der Waals surface area contributed by atoms with Gasteiger partial charge in [-0.2, -0.15) is 0 Å². The molecule has 0 unspecified atom stereocenters. The lowest BCUT2D eigenvalue weighted by Crippen LogP contribution is -2.47. The summed E-state index contributed by atoms with van der Waals surface area (Å²) in [5, 5.41) is 2.72. The van der Waals surface area contributed by atoms with Crippen molar-refractivity contribution in [2.45, 2.75) is 33.2 Å². The number of sulfonamides is 1. The summed E-state index contributed by atoms with van der Waals surface area (Å²) >= 11 is 0. The van der Waals surface area contributed by atoms with Crippen LogP contribution in [0.5, 0.6) is 5.75 Å². The number of carbonyl (C=O) groups is 2. The van der Waals surface area contributed by atoms with Crippen molar-refractivity contribution in [1.29, 1.82) is 0 Å². The number of ether oxygens (including phenoxy) is 2. The fourth-order valence-corrected chi connectivity index (χ4v) is 4.26. The van der Waals surface area contributed by atoms with Gasteiger partial charge in [0.25, 0.3) is 0 Å².